The number of rotatable bonds is 4. The van der Waals surface area contributed by atoms with Crippen LogP contribution in [0.3, 0.4) is 0 Å². The van der Waals surface area contributed by atoms with Gasteiger partial charge < -0.3 is 10.2 Å². The molecular weight excluding hydrogens is 258 g/mol. The minimum Gasteiger partial charge on any atom is -0.450 e. The third-order valence-electron chi connectivity index (χ3n) is 2.90. The highest BCUT2D eigenvalue weighted by Crippen LogP contribution is 2.37. The van der Waals surface area contributed by atoms with Crippen molar-refractivity contribution in [1.29, 1.82) is 0 Å². The number of nitrogens with two attached hydrogens (primary N) is 1. The molecule has 0 atom stereocenters. The monoisotopic (exact) mass is 273 g/mol. The Kier molecular flexibility index (Phi) is 3.86. The summed E-state index contributed by atoms with van der Waals surface area (Å²) in [6.07, 6.45) is 0. The molecule has 3 N–H and O–H groups in total. The third-order valence-corrected chi connectivity index (χ3v) is 2.90. The van der Waals surface area contributed by atoms with E-state index in [0.29, 0.717) is 5.75 Å². The molecule has 0 bridgehead atoms. The Hall–Kier alpha value is -2.60. The minimum absolute atomic E-state index is 0.152. The zero-order chi connectivity index (χ0) is 14.7. The van der Waals surface area contributed by atoms with Gasteiger partial charge in [0.15, 0.2) is 0 Å². The van der Waals surface area contributed by atoms with Crippen molar-refractivity contribution in [3.05, 3.63) is 57.6 Å². The van der Waals surface area contributed by atoms with Crippen molar-refractivity contribution in [3.63, 3.8) is 0 Å². The van der Waals surface area contributed by atoms with Gasteiger partial charge in [-0.1, -0.05) is 18.2 Å². The molecule has 104 valence electrons. The maximum atomic E-state index is 11.2. The van der Waals surface area contributed by atoms with Gasteiger partial charge in [0, 0.05) is 0 Å². The molecule has 6 nitrogen and oxygen atoms in total. The lowest BCUT2D eigenvalue weighted by Crippen LogP contribution is -2.09. The largest absolute Gasteiger partial charge is 0.450 e. The summed E-state index contributed by atoms with van der Waals surface area (Å²) in [5.41, 5.74) is 4.24. The zero-order valence-electron chi connectivity index (χ0n) is 11.2. The summed E-state index contributed by atoms with van der Waals surface area (Å²) in [6, 6.07) is 10.4. The molecule has 0 spiro atoms. The lowest BCUT2D eigenvalue weighted by atomic mass is 10.1. The quantitative estimate of drug-likeness (QED) is 0.506. The van der Waals surface area contributed by atoms with Crippen LogP contribution >= 0.6 is 0 Å². The molecule has 0 aliphatic rings. The fourth-order valence-corrected chi connectivity index (χ4v) is 1.85. The van der Waals surface area contributed by atoms with E-state index in [9.17, 15) is 10.1 Å². The highest BCUT2D eigenvalue weighted by molar-refractivity contribution is 5.68. The van der Waals surface area contributed by atoms with Crippen LogP contribution in [0.4, 0.5) is 11.4 Å². The summed E-state index contributed by atoms with van der Waals surface area (Å²) < 4.78 is 5.69. The number of para-hydroxylation sites is 1. The molecule has 0 radical (unpaired) electrons. The van der Waals surface area contributed by atoms with E-state index < -0.39 is 4.92 Å². The first-order chi connectivity index (χ1) is 9.52. The van der Waals surface area contributed by atoms with Crippen LogP contribution in [0.1, 0.15) is 11.1 Å². The van der Waals surface area contributed by atoms with Crippen LogP contribution < -0.4 is 16.0 Å². The van der Waals surface area contributed by atoms with Gasteiger partial charge in [0.1, 0.15) is 11.4 Å². The normalized spacial score (nSPS) is 10.2. The van der Waals surface area contributed by atoms with Crippen LogP contribution in [-0.4, -0.2) is 4.92 Å². The van der Waals surface area contributed by atoms with E-state index >= 15 is 0 Å². The maximum Gasteiger partial charge on any atom is 0.335 e. The highest BCUT2D eigenvalue weighted by Gasteiger charge is 2.21. The number of aryl methyl sites for hydroxylation is 2. The molecule has 0 unspecified atom stereocenters. The smallest absolute Gasteiger partial charge is 0.335 e. The van der Waals surface area contributed by atoms with E-state index in [0.717, 1.165) is 11.1 Å². The first kappa shape index (κ1) is 13.8. The van der Waals surface area contributed by atoms with E-state index in [1.165, 1.54) is 6.07 Å². The number of nitro benzene ring substituents is 1. The van der Waals surface area contributed by atoms with Gasteiger partial charge in [0.05, 0.1) is 4.92 Å². The summed E-state index contributed by atoms with van der Waals surface area (Å²) in [5.74, 6) is 6.03. The van der Waals surface area contributed by atoms with Gasteiger partial charge in [-0.05, 0) is 43.2 Å². The number of hydrogen-bond acceptors (Lipinski definition) is 5. The Bertz CT molecular complexity index is 656. The molecule has 0 amide bonds. The average molecular weight is 273 g/mol. The highest BCUT2D eigenvalue weighted by atomic mass is 16.6. The Balaban J connectivity index is 2.48. The summed E-state index contributed by atoms with van der Waals surface area (Å²) in [7, 11) is 0. The first-order valence-electron chi connectivity index (χ1n) is 6.02. The fraction of sp³-hybridized carbons (Fsp3) is 0.143. The third kappa shape index (κ3) is 2.70. The second kappa shape index (κ2) is 5.58. The number of nitrogens with zero attached hydrogens (tertiary/aromatic N) is 1. The Morgan fingerprint density at radius 3 is 2.60 bits per heavy atom. The Morgan fingerprint density at radius 2 is 1.95 bits per heavy atom. The second-order valence-electron chi connectivity index (χ2n) is 4.42. The van der Waals surface area contributed by atoms with E-state index in [1.807, 2.05) is 32.0 Å². The number of nitro groups is 1. The number of hydrogen-bond donors (Lipinski definition) is 2. The van der Waals surface area contributed by atoms with Gasteiger partial charge in [0.2, 0.25) is 5.75 Å². The summed E-state index contributed by atoms with van der Waals surface area (Å²) in [6.45, 7) is 3.81. The number of benzene rings is 2. The van der Waals surface area contributed by atoms with Gasteiger partial charge in [-0.25, -0.2) is 0 Å². The number of anilines is 1. The van der Waals surface area contributed by atoms with E-state index in [4.69, 9.17) is 10.6 Å². The molecule has 0 fully saturated rings. The SMILES string of the molecule is Cc1ccc(C)c(Oc2cccc(NN)c2[N+](=O)[O-])c1. The van der Waals surface area contributed by atoms with E-state index in [-0.39, 0.29) is 17.1 Å². The molecule has 0 aliphatic carbocycles. The van der Waals surface area contributed by atoms with Gasteiger partial charge >= 0.3 is 5.69 Å². The molecule has 2 aromatic carbocycles. The van der Waals surface area contributed by atoms with Crippen molar-refractivity contribution in [2.75, 3.05) is 5.43 Å². The van der Waals surface area contributed by atoms with Gasteiger partial charge in [0.25, 0.3) is 0 Å². The van der Waals surface area contributed by atoms with Crippen LogP contribution in [0.2, 0.25) is 0 Å². The molecule has 0 saturated heterocycles. The summed E-state index contributed by atoms with van der Waals surface area (Å²) >= 11 is 0. The number of ether oxygens (including phenoxy) is 1. The molecule has 2 aromatic rings. The molecule has 0 aliphatic heterocycles. The Labute approximate surface area is 116 Å². The molecule has 2 rings (SSSR count). The van der Waals surface area contributed by atoms with Crippen LogP contribution in [0, 0.1) is 24.0 Å². The minimum atomic E-state index is -0.518. The predicted molar refractivity (Wildman–Crippen MR) is 76.9 cm³/mol. The van der Waals surface area contributed by atoms with Gasteiger partial charge in [-0.3, -0.25) is 16.0 Å². The van der Waals surface area contributed by atoms with Crippen molar-refractivity contribution in [1.82, 2.24) is 0 Å². The van der Waals surface area contributed by atoms with E-state index in [2.05, 4.69) is 5.43 Å². The van der Waals surface area contributed by atoms with E-state index in [1.54, 1.807) is 12.1 Å². The molecule has 6 heteroatoms. The molecule has 0 saturated carbocycles. The zero-order valence-corrected chi connectivity index (χ0v) is 11.2. The molecule has 0 heterocycles. The topological polar surface area (TPSA) is 90.4 Å². The number of nitrogen functional groups attached to an aromatic ring is 1. The maximum absolute atomic E-state index is 11.2. The van der Waals surface area contributed by atoms with Gasteiger partial charge in [-0.15, -0.1) is 0 Å². The van der Waals surface area contributed by atoms with Crippen LogP contribution in [-0.2, 0) is 0 Å². The van der Waals surface area contributed by atoms with Crippen molar-refractivity contribution < 1.29 is 9.66 Å². The number of hydrazine groups is 1. The molecule has 20 heavy (non-hydrogen) atoms. The Morgan fingerprint density at radius 1 is 1.20 bits per heavy atom. The molecule has 0 aromatic heterocycles. The predicted octanol–water partition coefficient (Wildman–Crippen LogP) is 3.29. The lowest BCUT2D eigenvalue weighted by Gasteiger charge is -2.11. The fourth-order valence-electron chi connectivity index (χ4n) is 1.85. The van der Waals surface area contributed by atoms with Crippen molar-refractivity contribution in [2.24, 2.45) is 5.84 Å². The van der Waals surface area contributed by atoms with Gasteiger partial charge in [-0.2, -0.15) is 0 Å². The van der Waals surface area contributed by atoms with Crippen molar-refractivity contribution >= 4 is 11.4 Å². The van der Waals surface area contributed by atoms with Crippen molar-refractivity contribution in [2.45, 2.75) is 13.8 Å². The van der Waals surface area contributed by atoms with Crippen LogP contribution in [0.25, 0.3) is 0 Å². The van der Waals surface area contributed by atoms with Crippen molar-refractivity contribution in [3.8, 4) is 11.5 Å². The van der Waals surface area contributed by atoms with Crippen LogP contribution in [0.5, 0.6) is 11.5 Å². The lowest BCUT2D eigenvalue weighted by molar-refractivity contribution is -0.384. The molecular formula is C14H15N3O3. The summed E-state index contributed by atoms with van der Waals surface area (Å²) in [5, 5.41) is 11.2. The average Bonchev–Trinajstić information content (AvgIpc) is 2.42. The first-order valence-corrected chi connectivity index (χ1v) is 6.02. The second-order valence-corrected chi connectivity index (χ2v) is 4.42. The standard InChI is InChI=1S/C14H15N3O3/c1-9-6-7-10(2)13(8-9)20-12-5-3-4-11(16-15)14(12)17(18)19/h3-8,16H,15H2,1-2H3. The number of nitrogens with one attached hydrogen (secondary N) is 1. The summed E-state index contributed by atoms with van der Waals surface area (Å²) in [4.78, 5) is 10.7. The van der Waals surface area contributed by atoms with Crippen LogP contribution in [0.15, 0.2) is 36.4 Å².